The maximum Gasteiger partial charge on any atom is 0.244 e. The minimum absolute atomic E-state index is 0.0354. The van der Waals surface area contributed by atoms with Crippen molar-refractivity contribution in [3.8, 4) is 5.75 Å². The molecule has 0 saturated carbocycles. The SMILES string of the molecule is COc1ccc(F)cc1S(=O)(=O)NCC(c1ccc(F)cc1)N1CCOCC1. The first kappa shape index (κ1) is 20.7. The molecule has 28 heavy (non-hydrogen) atoms. The van der Waals surface area contributed by atoms with Gasteiger partial charge in [0, 0.05) is 25.7 Å². The fourth-order valence-corrected chi connectivity index (χ4v) is 4.38. The first-order chi connectivity index (χ1) is 13.4. The van der Waals surface area contributed by atoms with Crippen molar-refractivity contribution >= 4 is 10.0 Å². The third kappa shape index (κ3) is 4.85. The number of sulfonamides is 1. The van der Waals surface area contributed by atoms with Gasteiger partial charge in [0.1, 0.15) is 22.3 Å². The topological polar surface area (TPSA) is 67.9 Å². The van der Waals surface area contributed by atoms with E-state index in [9.17, 15) is 17.2 Å². The van der Waals surface area contributed by atoms with Crippen LogP contribution in [0, 0.1) is 11.6 Å². The van der Waals surface area contributed by atoms with Crippen molar-refractivity contribution in [3.05, 3.63) is 59.7 Å². The molecular formula is C19H22F2N2O4S. The van der Waals surface area contributed by atoms with Gasteiger partial charge in [-0.2, -0.15) is 0 Å². The van der Waals surface area contributed by atoms with Crippen molar-refractivity contribution in [2.75, 3.05) is 40.0 Å². The Kier molecular flexibility index (Phi) is 6.61. The number of ether oxygens (including phenoxy) is 2. The molecule has 1 N–H and O–H groups in total. The molecule has 1 heterocycles. The Hall–Kier alpha value is -2.07. The molecular weight excluding hydrogens is 390 g/mol. The Labute approximate surface area is 163 Å². The second-order valence-electron chi connectivity index (χ2n) is 6.36. The Balaban J connectivity index is 1.84. The van der Waals surface area contributed by atoms with E-state index in [1.165, 1.54) is 25.3 Å². The highest BCUT2D eigenvalue weighted by Gasteiger charge is 2.26. The van der Waals surface area contributed by atoms with Gasteiger partial charge in [-0.15, -0.1) is 0 Å². The predicted octanol–water partition coefficient (Wildman–Crippen LogP) is 2.33. The van der Waals surface area contributed by atoms with Crippen LogP contribution in [0.1, 0.15) is 11.6 Å². The van der Waals surface area contributed by atoms with Gasteiger partial charge in [-0.05, 0) is 35.9 Å². The Morgan fingerprint density at radius 3 is 2.39 bits per heavy atom. The molecule has 0 aliphatic carbocycles. The van der Waals surface area contributed by atoms with E-state index < -0.39 is 15.8 Å². The molecule has 9 heteroatoms. The molecule has 1 unspecified atom stereocenters. The van der Waals surface area contributed by atoms with Crippen LogP contribution >= 0.6 is 0 Å². The number of methoxy groups -OCH3 is 1. The minimum atomic E-state index is -4.02. The number of nitrogens with one attached hydrogen (secondary N) is 1. The summed E-state index contributed by atoms with van der Waals surface area (Å²) in [5, 5.41) is 0. The van der Waals surface area contributed by atoms with Gasteiger partial charge in [0.25, 0.3) is 0 Å². The zero-order chi connectivity index (χ0) is 20.1. The van der Waals surface area contributed by atoms with E-state index >= 15 is 0 Å². The molecule has 0 aromatic heterocycles. The summed E-state index contributed by atoms with van der Waals surface area (Å²) in [6.07, 6.45) is 0. The lowest BCUT2D eigenvalue weighted by Gasteiger charge is -2.35. The average Bonchev–Trinajstić information content (AvgIpc) is 2.70. The molecule has 152 valence electrons. The number of hydrogen-bond acceptors (Lipinski definition) is 5. The van der Waals surface area contributed by atoms with Gasteiger partial charge in [0.05, 0.1) is 20.3 Å². The monoisotopic (exact) mass is 412 g/mol. The number of nitrogens with zero attached hydrogens (tertiary/aromatic N) is 1. The highest BCUT2D eigenvalue weighted by atomic mass is 32.2. The smallest absolute Gasteiger partial charge is 0.244 e. The first-order valence-corrected chi connectivity index (χ1v) is 10.3. The summed E-state index contributed by atoms with van der Waals surface area (Å²) in [4.78, 5) is 1.80. The Morgan fingerprint density at radius 2 is 1.75 bits per heavy atom. The normalized spacial score (nSPS) is 16.7. The van der Waals surface area contributed by atoms with Crippen LogP contribution < -0.4 is 9.46 Å². The number of rotatable bonds is 7. The van der Waals surface area contributed by atoms with Crippen molar-refractivity contribution in [1.82, 2.24) is 9.62 Å². The lowest BCUT2D eigenvalue weighted by molar-refractivity contribution is 0.0172. The molecule has 0 radical (unpaired) electrons. The standard InChI is InChI=1S/C19H22F2N2O4S/c1-26-18-7-6-16(21)12-19(18)28(24,25)22-13-17(23-8-10-27-11-9-23)14-2-4-15(20)5-3-14/h2-7,12,17,22H,8-11,13H2,1H3. The quantitative estimate of drug-likeness (QED) is 0.756. The molecule has 0 bridgehead atoms. The largest absolute Gasteiger partial charge is 0.495 e. The van der Waals surface area contributed by atoms with Crippen LogP contribution in [0.2, 0.25) is 0 Å². The third-order valence-corrected chi connectivity index (χ3v) is 6.07. The van der Waals surface area contributed by atoms with Crippen molar-refractivity contribution in [3.63, 3.8) is 0 Å². The van der Waals surface area contributed by atoms with E-state index in [0.717, 1.165) is 17.7 Å². The summed E-state index contributed by atoms with van der Waals surface area (Å²) in [6, 6.07) is 8.94. The van der Waals surface area contributed by atoms with Crippen LogP contribution in [0.3, 0.4) is 0 Å². The van der Waals surface area contributed by atoms with Crippen LogP contribution in [0.25, 0.3) is 0 Å². The van der Waals surface area contributed by atoms with Gasteiger partial charge in [-0.25, -0.2) is 21.9 Å². The Bertz CT molecular complexity index is 901. The lowest BCUT2D eigenvalue weighted by atomic mass is 10.0. The molecule has 6 nitrogen and oxygen atoms in total. The van der Waals surface area contributed by atoms with Gasteiger partial charge in [-0.3, -0.25) is 4.90 Å². The first-order valence-electron chi connectivity index (χ1n) is 8.81. The molecule has 2 aromatic rings. The second kappa shape index (κ2) is 8.95. The summed E-state index contributed by atoms with van der Waals surface area (Å²) in [7, 11) is -2.70. The summed E-state index contributed by atoms with van der Waals surface area (Å²) in [5.41, 5.74) is 0.775. The maximum atomic E-state index is 13.6. The molecule has 1 saturated heterocycles. The van der Waals surface area contributed by atoms with Crippen molar-refractivity contribution in [2.45, 2.75) is 10.9 Å². The fraction of sp³-hybridized carbons (Fsp3) is 0.368. The highest BCUT2D eigenvalue weighted by Crippen LogP contribution is 2.26. The molecule has 1 aliphatic heterocycles. The van der Waals surface area contributed by atoms with Gasteiger partial charge >= 0.3 is 0 Å². The molecule has 0 spiro atoms. The molecule has 1 atom stereocenters. The molecule has 0 amide bonds. The zero-order valence-electron chi connectivity index (χ0n) is 15.4. The van der Waals surface area contributed by atoms with E-state index in [1.54, 1.807) is 12.1 Å². The van der Waals surface area contributed by atoms with E-state index in [4.69, 9.17) is 9.47 Å². The van der Waals surface area contributed by atoms with Gasteiger partial charge in [0.2, 0.25) is 10.0 Å². The van der Waals surface area contributed by atoms with Crippen molar-refractivity contribution in [1.29, 1.82) is 0 Å². The number of hydrogen-bond donors (Lipinski definition) is 1. The van der Waals surface area contributed by atoms with Crippen LogP contribution in [-0.2, 0) is 14.8 Å². The van der Waals surface area contributed by atoms with Gasteiger partial charge < -0.3 is 9.47 Å². The minimum Gasteiger partial charge on any atom is -0.495 e. The van der Waals surface area contributed by atoms with Crippen molar-refractivity contribution < 1.29 is 26.7 Å². The summed E-state index contributed by atoms with van der Waals surface area (Å²) < 4.78 is 65.4. The molecule has 1 aliphatic rings. The summed E-state index contributed by atoms with van der Waals surface area (Å²) >= 11 is 0. The number of halogens is 2. The van der Waals surface area contributed by atoms with Crippen LogP contribution in [0.5, 0.6) is 5.75 Å². The van der Waals surface area contributed by atoms with Crippen LogP contribution in [0.15, 0.2) is 47.4 Å². The summed E-state index contributed by atoms with van der Waals surface area (Å²) in [5.74, 6) is -0.988. The Morgan fingerprint density at radius 1 is 1.11 bits per heavy atom. The third-order valence-electron chi connectivity index (χ3n) is 4.62. The van der Waals surface area contributed by atoms with Gasteiger partial charge in [0.15, 0.2) is 0 Å². The second-order valence-corrected chi connectivity index (χ2v) is 8.10. The predicted molar refractivity (Wildman–Crippen MR) is 99.7 cm³/mol. The number of benzene rings is 2. The fourth-order valence-electron chi connectivity index (χ4n) is 3.16. The maximum absolute atomic E-state index is 13.6. The zero-order valence-corrected chi connectivity index (χ0v) is 16.2. The number of morpholine rings is 1. The van der Waals surface area contributed by atoms with Crippen molar-refractivity contribution in [2.24, 2.45) is 0 Å². The molecule has 2 aromatic carbocycles. The highest BCUT2D eigenvalue weighted by molar-refractivity contribution is 7.89. The van der Waals surface area contributed by atoms with E-state index in [0.29, 0.717) is 26.3 Å². The van der Waals surface area contributed by atoms with E-state index in [1.807, 2.05) is 0 Å². The lowest BCUT2D eigenvalue weighted by Crippen LogP contribution is -2.43. The molecule has 1 fully saturated rings. The van der Waals surface area contributed by atoms with E-state index in [2.05, 4.69) is 9.62 Å². The molecule has 3 rings (SSSR count). The average molecular weight is 412 g/mol. The summed E-state index contributed by atoms with van der Waals surface area (Å²) in [6.45, 7) is 2.33. The van der Waals surface area contributed by atoms with E-state index in [-0.39, 0.29) is 29.0 Å². The van der Waals surface area contributed by atoms with Gasteiger partial charge in [-0.1, -0.05) is 12.1 Å². The van der Waals surface area contributed by atoms with Crippen LogP contribution in [-0.4, -0.2) is 53.3 Å². The van der Waals surface area contributed by atoms with Crippen LogP contribution in [0.4, 0.5) is 8.78 Å².